The quantitative estimate of drug-likeness (QED) is 0.353. The van der Waals surface area contributed by atoms with Crippen LogP contribution in [0.3, 0.4) is 0 Å². The summed E-state index contributed by atoms with van der Waals surface area (Å²) in [7, 11) is 4.09. The number of aromatic nitrogens is 1. The molecule has 1 N–H and O–H groups in total. The number of rotatable bonds is 9. The minimum atomic E-state index is 0.457. The van der Waals surface area contributed by atoms with Gasteiger partial charge in [-0.25, -0.2) is 0 Å². The van der Waals surface area contributed by atoms with Gasteiger partial charge in [0.05, 0.1) is 24.4 Å². The molecule has 0 aliphatic carbocycles. The molecule has 1 aliphatic heterocycles. The van der Waals surface area contributed by atoms with Crippen LogP contribution in [0.2, 0.25) is 0 Å². The summed E-state index contributed by atoms with van der Waals surface area (Å²) in [5.41, 5.74) is 5.31. The van der Waals surface area contributed by atoms with Gasteiger partial charge in [-0.05, 0) is 61.1 Å². The third kappa shape index (κ3) is 5.81. The first-order chi connectivity index (χ1) is 16.0. The summed E-state index contributed by atoms with van der Waals surface area (Å²) < 4.78 is 11.7. The SMILES string of the molecule is CC/C=C/Sc1ccc(Nc2ccnc3cc(OCC4CCOC4)c(N(C)C)cc23)cc1C. The van der Waals surface area contributed by atoms with Gasteiger partial charge >= 0.3 is 0 Å². The second-order valence-corrected chi connectivity index (χ2v) is 9.58. The average molecular weight is 464 g/mol. The first-order valence-electron chi connectivity index (χ1n) is 11.5. The molecule has 1 saturated heterocycles. The van der Waals surface area contributed by atoms with Crippen molar-refractivity contribution in [1.82, 2.24) is 4.98 Å². The number of anilines is 3. The highest BCUT2D eigenvalue weighted by Gasteiger charge is 2.18. The zero-order valence-electron chi connectivity index (χ0n) is 19.9. The van der Waals surface area contributed by atoms with E-state index in [0.717, 1.165) is 59.8 Å². The summed E-state index contributed by atoms with van der Waals surface area (Å²) in [4.78, 5) is 7.99. The Morgan fingerprint density at radius 1 is 1.24 bits per heavy atom. The lowest BCUT2D eigenvalue weighted by Gasteiger charge is -2.21. The topological polar surface area (TPSA) is 46.6 Å². The number of ether oxygens (including phenoxy) is 2. The van der Waals surface area contributed by atoms with Crippen LogP contribution in [-0.4, -0.2) is 38.9 Å². The first-order valence-corrected chi connectivity index (χ1v) is 12.4. The van der Waals surface area contributed by atoms with Crippen LogP contribution in [0.5, 0.6) is 5.75 Å². The van der Waals surface area contributed by atoms with E-state index in [1.807, 2.05) is 26.4 Å². The average Bonchev–Trinajstić information content (AvgIpc) is 3.32. The molecule has 174 valence electrons. The standard InChI is InChI=1S/C27H33N3O2S/c1-5-6-13-33-27-8-7-21(14-19(27)2)29-23-9-11-28-24-16-26(25(30(3)4)15-22(23)24)32-18-20-10-12-31-17-20/h6-9,11,13-16,20H,5,10,12,17-18H2,1-4H3,(H,28,29)/b13-6+. The van der Waals surface area contributed by atoms with Gasteiger partial charge in [0.1, 0.15) is 5.75 Å². The fourth-order valence-electron chi connectivity index (χ4n) is 3.89. The second-order valence-electron chi connectivity index (χ2n) is 8.63. The summed E-state index contributed by atoms with van der Waals surface area (Å²) in [6.45, 7) is 6.58. The predicted octanol–water partition coefficient (Wildman–Crippen LogP) is 6.78. The Balaban J connectivity index is 1.59. The zero-order chi connectivity index (χ0) is 23.2. The van der Waals surface area contributed by atoms with Crippen LogP contribution in [0.25, 0.3) is 10.9 Å². The number of hydrogen-bond donors (Lipinski definition) is 1. The predicted molar refractivity (Wildman–Crippen MR) is 140 cm³/mol. The van der Waals surface area contributed by atoms with Crippen LogP contribution >= 0.6 is 11.8 Å². The third-order valence-corrected chi connectivity index (χ3v) is 6.82. The number of thioether (sulfide) groups is 1. The number of aryl methyl sites for hydroxylation is 1. The number of pyridine rings is 1. The molecule has 2 heterocycles. The molecule has 1 unspecified atom stereocenters. The normalized spacial score (nSPS) is 15.9. The molecule has 1 aromatic heterocycles. The summed E-state index contributed by atoms with van der Waals surface area (Å²) in [6.07, 6.45) is 6.14. The Kier molecular flexibility index (Phi) is 7.78. The third-order valence-electron chi connectivity index (χ3n) is 5.78. The lowest BCUT2D eigenvalue weighted by Crippen LogP contribution is -2.15. The molecular weight excluding hydrogens is 430 g/mol. The molecule has 0 amide bonds. The van der Waals surface area contributed by atoms with E-state index in [1.54, 1.807) is 11.8 Å². The van der Waals surface area contributed by atoms with Crippen LogP contribution in [0.15, 0.2) is 59.0 Å². The fraction of sp³-hybridized carbons (Fsp3) is 0.370. The van der Waals surface area contributed by atoms with E-state index in [9.17, 15) is 0 Å². The molecule has 0 radical (unpaired) electrons. The van der Waals surface area contributed by atoms with Crippen LogP contribution in [0.1, 0.15) is 25.3 Å². The molecule has 6 heteroatoms. The summed E-state index contributed by atoms with van der Waals surface area (Å²) in [6, 6.07) is 12.8. The van der Waals surface area contributed by atoms with Gasteiger partial charge in [0.2, 0.25) is 0 Å². The lowest BCUT2D eigenvalue weighted by atomic mass is 10.1. The molecule has 0 bridgehead atoms. The highest BCUT2D eigenvalue weighted by Crippen LogP contribution is 2.36. The number of nitrogens with zero attached hydrogens (tertiary/aromatic N) is 2. The second kappa shape index (κ2) is 10.9. The molecule has 5 nitrogen and oxygen atoms in total. The first kappa shape index (κ1) is 23.5. The Hall–Kier alpha value is -2.70. The summed E-state index contributed by atoms with van der Waals surface area (Å²) >= 11 is 1.76. The van der Waals surface area contributed by atoms with E-state index in [4.69, 9.17) is 9.47 Å². The molecule has 2 aromatic carbocycles. The fourth-order valence-corrected chi connectivity index (χ4v) is 4.72. The largest absolute Gasteiger partial charge is 0.491 e. The van der Waals surface area contributed by atoms with Crippen LogP contribution < -0.4 is 15.0 Å². The Labute approximate surface area is 201 Å². The van der Waals surface area contributed by atoms with Gasteiger partial charge in [0, 0.05) is 60.5 Å². The van der Waals surface area contributed by atoms with Crippen molar-refractivity contribution in [3.8, 4) is 5.75 Å². The number of allylic oxidation sites excluding steroid dienone is 1. The van der Waals surface area contributed by atoms with Crippen LogP contribution in [0.4, 0.5) is 17.1 Å². The molecule has 33 heavy (non-hydrogen) atoms. The van der Waals surface area contributed by atoms with Crippen molar-refractivity contribution in [2.75, 3.05) is 44.1 Å². The monoisotopic (exact) mass is 463 g/mol. The number of fused-ring (bicyclic) bond motifs is 1. The molecular formula is C27H33N3O2S. The van der Waals surface area contributed by atoms with Gasteiger partial charge in [-0.2, -0.15) is 0 Å². The van der Waals surface area contributed by atoms with E-state index in [1.165, 1.54) is 10.5 Å². The highest BCUT2D eigenvalue weighted by atomic mass is 32.2. The summed E-state index contributed by atoms with van der Waals surface area (Å²) in [5.74, 6) is 1.32. The lowest BCUT2D eigenvalue weighted by molar-refractivity contribution is 0.167. The van der Waals surface area contributed by atoms with Crippen LogP contribution in [0, 0.1) is 12.8 Å². The van der Waals surface area contributed by atoms with Crippen molar-refractivity contribution in [2.45, 2.75) is 31.6 Å². The minimum absolute atomic E-state index is 0.457. The van der Waals surface area contributed by atoms with E-state index in [-0.39, 0.29) is 0 Å². The maximum absolute atomic E-state index is 6.23. The molecule has 3 aromatic rings. The summed E-state index contributed by atoms with van der Waals surface area (Å²) in [5, 5.41) is 6.83. The van der Waals surface area contributed by atoms with Gasteiger partial charge in [-0.15, -0.1) is 0 Å². The molecule has 1 atom stereocenters. The molecule has 4 rings (SSSR count). The van der Waals surface area contributed by atoms with Crippen molar-refractivity contribution in [3.63, 3.8) is 0 Å². The number of benzene rings is 2. The smallest absolute Gasteiger partial charge is 0.144 e. The molecule has 1 fully saturated rings. The van der Waals surface area contributed by atoms with E-state index < -0.39 is 0 Å². The van der Waals surface area contributed by atoms with Crippen molar-refractivity contribution in [3.05, 3.63) is 59.6 Å². The van der Waals surface area contributed by atoms with E-state index in [2.05, 4.69) is 70.9 Å². The molecule has 0 spiro atoms. The van der Waals surface area contributed by atoms with Gasteiger partial charge in [-0.1, -0.05) is 24.8 Å². The van der Waals surface area contributed by atoms with Gasteiger partial charge in [-0.3, -0.25) is 4.98 Å². The van der Waals surface area contributed by atoms with Gasteiger partial charge in [0.15, 0.2) is 0 Å². The molecule has 0 saturated carbocycles. The Morgan fingerprint density at radius 3 is 2.85 bits per heavy atom. The Morgan fingerprint density at radius 2 is 2.12 bits per heavy atom. The van der Waals surface area contributed by atoms with Gasteiger partial charge in [0.25, 0.3) is 0 Å². The van der Waals surface area contributed by atoms with Crippen molar-refractivity contribution in [1.29, 1.82) is 0 Å². The van der Waals surface area contributed by atoms with Crippen LogP contribution in [-0.2, 0) is 4.74 Å². The van der Waals surface area contributed by atoms with Gasteiger partial charge < -0.3 is 19.7 Å². The van der Waals surface area contributed by atoms with Crippen molar-refractivity contribution in [2.24, 2.45) is 5.92 Å². The van der Waals surface area contributed by atoms with E-state index in [0.29, 0.717) is 12.5 Å². The molecule has 1 aliphatic rings. The highest BCUT2D eigenvalue weighted by molar-refractivity contribution is 8.02. The minimum Gasteiger partial charge on any atom is -0.491 e. The number of nitrogens with one attached hydrogen (secondary N) is 1. The maximum Gasteiger partial charge on any atom is 0.144 e. The van der Waals surface area contributed by atoms with Crippen molar-refractivity contribution < 1.29 is 9.47 Å². The number of hydrogen-bond acceptors (Lipinski definition) is 6. The zero-order valence-corrected chi connectivity index (χ0v) is 20.7. The van der Waals surface area contributed by atoms with Crippen molar-refractivity contribution >= 4 is 39.7 Å². The Bertz CT molecular complexity index is 1120. The van der Waals surface area contributed by atoms with E-state index >= 15 is 0 Å². The maximum atomic E-state index is 6.23.